The van der Waals surface area contributed by atoms with Crippen molar-refractivity contribution >= 4 is 25.7 Å². The predicted octanol–water partition coefficient (Wildman–Crippen LogP) is 19.2. The Morgan fingerprint density at radius 2 is 0.645 bits per heavy atom. The van der Waals surface area contributed by atoms with E-state index in [0.717, 1.165) is 89.9 Å². The van der Waals surface area contributed by atoms with Crippen LogP contribution in [0.4, 0.5) is 0 Å². The van der Waals surface area contributed by atoms with Crippen LogP contribution in [0.25, 0.3) is 0 Å². The molecule has 0 aliphatic carbocycles. The van der Waals surface area contributed by atoms with Crippen LogP contribution in [0.1, 0.15) is 316 Å². The highest BCUT2D eigenvalue weighted by Crippen LogP contribution is 2.43. The van der Waals surface area contributed by atoms with Crippen LogP contribution in [0.5, 0.6) is 0 Å². The first kappa shape index (κ1) is 73.7. The van der Waals surface area contributed by atoms with Gasteiger partial charge in [-0.2, -0.15) is 0 Å². The van der Waals surface area contributed by atoms with Crippen LogP contribution in [-0.4, -0.2) is 66.5 Å². The molecule has 11 nitrogen and oxygen atoms in total. The van der Waals surface area contributed by atoms with E-state index in [1.165, 1.54) is 167 Å². The molecule has 0 spiro atoms. The van der Waals surface area contributed by atoms with E-state index >= 15 is 0 Å². The van der Waals surface area contributed by atoms with Crippen LogP contribution in [0, 0.1) is 0 Å². The van der Waals surface area contributed by atoms with Gasteiger partial charge in [-0.05, 0) is 77.0 Å². The summed E-state index contributed by atoms with van der Waals surface area (Å²) >= 11 is 0. The minimum atomic E-state index is -4.75. The third kappa shape index (κ3) is 56.4. The van der Waals surface area contributed by atoms with Gasteiger partial charge in [-0.15, -0.1) is 0 Å². The van der Waals surface area contributed by atoms with Gasteiger partial charge in [0.1, 0.15) is 12.7 Å². The Morgan fingerprint density at radius 1 is 0.368 bits per heavy atom. The Morgan fingerprint density at radius 3 is 1.01 bits per heavy atom. The van der Waals surface area contributed by atoms with Crippen LogP contribution < -0.4 is 0 Å². The van der Waals surface area contributed by atoms with Crippen LogP contribution in [0.15, 0.2) is 36.5 Å². The summed E-state index contributed by atoms with van der Waals surface area (Å²) in [6, 6.07) is 0. The molecule has 2 N–H and O–H groups in total. The number of carbonyl (C=O) groups is 3. The van der Waals surface area contributed by atoms with Gasteiger partial charge in [-0.1, -0.05) is 256 Å². The number of phosphoric ester groups is 1. The molecule has 0 aliphatic rings. The number of rotatable bonds is 60. The van der Waals surface area contributed by atoms with Gasteiger partial charge in [0.2, 0.25) is 0 Å². The maximum atomic E-state index is 12.9. The largest absolute Gasteiger partial charge is 0.472 e. The molecule has 0 radical (unpaired) electrons. The molecule has 0 amide bonds. The normalized spacial score (nSPS) is 13.5. The number of hydrogen-bond acceptors (Lipinski definition) is 10. The van der Waals surface area contributed by atoms with Gasteiger partial charge >= 0.3 is 25.7 Å². The minimum absolute atomic E-state index is 0.163. The second-order valence-corrected chi connectivity index (χ2v) is 23.0. The first-order valence-corrected chi connectivity index (χ1v) is 33.4. The van der Waals surface area contributed by atoms with E-state index in [0.29, 0.717) is 19.3 Å². The summed E-state index contributed by atoms with van der Waals surface area (Å²) in [4.78, 5) is 48.7. The molecule has 0 fully saturated rings. The molecule has 0 aliphatic heterocycles. The van der Waals surface area contributed by atoms with Crippen LogP contribution in [0.3, 0.4) is 0 Å². The van der Waals surface area contributed by atoms with E-state index in [2.05, 4.69) is 57.2 Å². The number of allylic oxidation sites excluding steroid dienone is 6. The fourth-order valence-corrected chi connectivity index (χ4v) is 9.93. The first-order chi connectivity index (χ1) is 37.2. The molecular weight excluding hydrogens is 976 g/mol. The molecule has 0 saturated carbocycles. The smallest absolute Gasteiger partial charge is 0.462 e. The van der Waals surface area contributed by atoms with Crippen molar-refractivity contribution in [3.8, 4) is 0 Å². The van der Waals surface area contributed by atoms with E-state index in [9.17, 15) is 28.9 Å². The van der Waals surface area contributed by atoms with Gasteiger partial charge in [0, 0.05) is 19.3 Å². The molecule has 76 heavy (non-hydrogen) atoms. The fourth-order valence-electron chi connectivity index (χ4n) is 9.15. The zero-order valence-corrected chi connectivity index (χ0v) is 50.4. The highest BCUT2D eigenvalue weighted by Gasteiger charge is 2.28. The average Bonchev–Trinajstić information content (AvgIpc) is 3.41. The van der Waals surface area contributed by atoms with Crippen molar-refractivity contribution in [3.63, 3.8) is 0 Å². The lowest BCUT2D eigenvalue weighted by Gasteiger charge is -2.21. The lowest BCUT2D eigenvalue weighted by atomic mass is 10.0. The van der Waals surface area contributed by atoms with Gasteiger partial charge < -0.3 is 24.2 Å². The van der Waals surface area contributed by atoms with E-state index in [-0.39, 0.29) is 25.9 Å². The summed E-state index contributed by atoms with van der Waals surface area (Å²) in [6.07, 6.45) is 62.3. The van der Waals surface area contributed by atoms with Crippen molar-refractivity contribution < 1.29 is 52.2 Å². The summed E-state index contributed by atoms with van der Waals surface area (Å²) in [7, 11) is -4.75. The molecule has 3 atom stereocenters. The lowest BCUT2D eigenvalue weighted by Crippen LogP contribution is -2.30. The molecular formula is C64H119O11P. The molecule has 0 aromatic heterocycles. The van der Waals surface area contributed by atoms with Crippen LogP contribution in [-0.2, 0) is 42.2 Å². The SMILES string of the molecule is CCCCC/C=C\C/C=C\CCCCCCCC(=O)OCC(COP(=O)(O)OCC(CO)OC(=O)CCCCCCCCCCCCCCCCCCC)OC(=O)CCCCCCCCC/C=C\CCCCCCCC. The second-order valence-electron chi connectivity index (χ2n) is 21.6. The van der Waals surface area contributed by atoms with E-state index in [4.69, 9.17) is 23.3 Å². The highest BCUT2D eigenvalue weighted by molar-refractivity contribution is 7.47. The van der Waals surface area contributed by atoms with Crippen molar-refractivity contribution in [1.82, 2.24) is 0 Å². The van der Waals surface area contributed by atoms with Gasteiger partial charge in [0.15, 0.2) is 6.10 Å². The fraction of sp³-hybridized carbons (Fsp3) is 0.859. The topological polar surface area (TPSA) is 155 Å². The molecule has 446 valence electrons. The molecule has 3 unspecified atom stereocenters. The van der Waals surface area contributed by atoms with Crippen molar-refractivity contribution in [2.75, 3.05) is 26.4 Å². The van der Waals surface area contributed by atoms with E-state index in [1.807, 2.05) is 0 Å². The van der Waals surface area contributed by atoms with E-state index < -0.39 is 57.8 Å². The summed E-state index contributed by atoms with van der Waals surface area (Å²) in [5.74, 6) is -1.46. The number of aliphatic hydroxyl groups is 1. The molecule has 0 bridgehead atoms. The van der Waals surface area contributed by atoms with Crippen molar-refractivity contribution in [2.45, 2.75) is 328 Å². The zero-order valence-electron chi connectivity index (χ0n) is 49.5. The maximum Gasteiger partial charge on any atom is 0.472 e. The number of aliphatic hydroxyl groups excluding tert-OH is 1. The predicted molar refractivity (Wildman–Crippen MR) is 316 cm³/mol. The third-order valence-corrected chi connectivity index (χ3v) is 15.0. The Balaban J connectivity index is 4.67. The molecule has 0 rings (SSSR count). The van der Waals surface area contributed by atoms with Crippen molar-refractivity contribution in [1.29, 1.82) is 0 Å². The standard InChI is InChI=1S/C64H119O11P/c1-4-7-10-13-16-19-22-25-28-30-33-36-39-42-45-48-51-54-63(67)74-60(56-65)58-72-76(69,70)73-59-61(57-71-62(66)53-50-47-44-41-38-35-32-27-24-21-18-15-12-9-6-3)75-64(68)55-52-49-46-43-40-37-34-31-29-26-23-20-17-14-11-8-5-2/h18,21,26-27,29,32,60-61,65H,4-17,19-20,22-25,28,30-31,33-59H2,1-3H3,(H,69,70)/b21-18-,29-26-,32-27-. The summed E-state index contributed by atoms with van der Waals surface area (Å²) in [5.41, 5.74) is 0. The number of carbonyl (C=O) groups excluding carboxylic acids is 3. The van der Waals surface area contributed by atoms with Crippen LogP contribution >= 0.6 is 7.82 Å². The van der Waals surface area contributed by atoms with Crippen molar-refractivity contribution in [3.05, 3.63) is 36.5 Å². The Labute approximate surface area is 467 Å². The third-order valence-electron chi connectivity index (χ3n) is 14.0. The Bertz CT molecular complexity index is 1420. The molecule has 0 saturated heterocycles. The van der Waals surface area contributed by atoms with E-state index in [1.54, 1.807) is 0 Å². The number of phosphoric acid groups is 1. The number of ether oxygens (including phenoxy) is 3. The number of esters is 3. The van der Waals surface area contributed by atoms with Gasteiger partial charge in [-0.25, -0.2) is 4.57 Å². The summed E-state index contributed by atoms with van der Waals surface area (Å²) in [6.45, 7) is 4.66. The zero-order chi connectivity index (χ0) is 55.5. The molecule has 0 aromatic rings. The quantitative estimate of drug-likeness (QED) is 0.0197. The molecule has 0 aromatic carbocycles. The van der Waals surface area contributed by atoms with Gasteiger partial charge in [0.05, 0.1) is 19.8 Å². The first-order valence-electron chi connectivity index (χ1n) is 31.9. The Hall–Kier alpha value is -2.30. The number of unbranched alkanes of at least 4 members (excludes halogenated alkanes) is 37. The summed E-state index contributed by atoms with van der Waals surface area (Å²) in [5, 5.41) is 9.85. The lowest BCUT2D eigenvalue weighted by molar-refractivity contribution is -0.161. The van der Waals surface area contributed by atoms with Crippen molar-refractivity contribution in [2.24, 2.45) is 0 Å². The maximum absolute atomic E-state index is 12.9. The number of hydrogen-bond donors (Lipinski definition) is 2. The molecule has 0 heterocycles. The highest BCUT2D eigenvalue weighted by atomic mass is 31.2. The van der Waals surface area contributed by atoms with Gasteiger partial charge in [0.25, 0.3) is 0 Å². The van der Waals surface area contributed by atoms with Crippen LogP contribution in [0.2, 0.25) is 0 Å². The van der Waals surface area contributed by atoms with Gasteiger partial charge in [-0.3, -0.25) is 23.4 Å². The average molecular weight is 1100 g/mol. The summed E-state index contributed by atoms with van der Waals surface area (Å²) < 4.78 is 39.7. The second kappa shape index (κ2) is 58.8. The minimum Gasteiger partial charge on any atom is -0.462 e. The molecule has 12 heteroatoms. The monoisotopic (exact) mass is 1090 g/mol. The Kier molecular flexibility index (Phi) is 57.1.